The van der Waals surface area contributed by atoms with E-state index in [9.17, 15) is 31.9 Å². The molecule has 5 rings (SSSR count). The molecule has 2 saturated carbocycles. The highest BCUT2D eigenvalue weighted by molar-refractivity contribution is 6.14. The van der Waals surface area contributed by atoms with E-state index >= 15 is 0 Å². The first-order valence-corrected chi connectivity index (χ1v) is 13.7. The van der Waals surface area contributed by atoms with Crippen LogP contribution in [0.3, 0.4) is 0 Å². The van der Waals surface area contributed by atoms with Crippen LogP contribution in [0.5, 0.6) is 0 Å². The third-order valence-electron chi connectivity index (χ3n) is 7.65. The molecule has 1 saturated heterocycles. The molecule has 1 heterocycles. The Bertz CT molecular complexity index is 1090. The Morgan fingerprint density at radius 3 is 1.18 bits per heavy atom. The van der Waals surface area contributed by atoms with Gasteiger partial charge in [-0.2, -0.15) is 0 Å². The first kappa shape index (κ1) is 30.3. The molecular weight excluding hydrogens is 512 g/mol. The summed E-state index contributed by atoms with van der Waals surface area (Å²) in [4.78, 5) is 40.1. The zero-order valence-corrected chi connectivity index (χ0v) is 23.0. The summed E-state index contributed by atoms with van der Waals surface area (Å²) in [5, 5.41) is 0. The van der Waals surface area contributed by atoms with E-state index in [0.29, 0.717) is 49.7 Å². The summed E-state index contributed by atoms with van der Waals surface area (Å²) in [6, 6.07) is 5.96. The highest BCUT2D eigenvalue weighted by Gasteiger charge is 2.48. The molecule has 9 heteroatoms. The lowest BCUT2D eigenvalue weighted by molar-refractivity contribution is -0.142. The lowest BCUT2D eigenvalue weighted by atomic mass is 9.91. The maximum atomic E-state index is 13.7. The van der Waals surface area contributed by atoms with E-state index in [1.165, 1.54) is 24.3 Å². The molecule has 0 unspecified atom stereocenters. The van der Waals surface area contributed by atoms with E-state index in [0.717, 1.165) is 21.9 Å². The number of rotatable bonds is 8. The fraction of sp³-hybridized carbons (Fsp3) is 0.500. The van der Waals surface area contributed by atoms with Crippen LogP contribution in [0.4, 0.5) is 22.4 Å². The Morgan fingerprint density at radius 2 is 0.897 bits per heavy atom. The molecule has 0 radical (unpaired) electrons. The number of halogens is 4. The van der Waals surface area contributed by atoms with Gasteiger partial charge in [0.1, 0.15) is 29.7 Å². The molecule has 39 heavy (non-hydrogen) atoms. The average molecular weight is 549 g/mol. The van der Waals surface area contributed by atoms with Gasteiger partial charge in [0, 0.05) is 25.2 Å². The van der Waals surface area contributed by atoms with E-state index < -0.39 is 58.4 Å². The fourth-order valence-corrected chi connectivity index (χ4v) is 5.16. The number of imide groups is 2. The zero-order valence-electron chi connectivity index (χ0n) is 23.0. The summed E-state index contributed by atoms with van der Waals surface area (Å²) >= 11 is 0. The molecule has 5 nitrogen and oxygen atoms in total. The first-order valence-electron chi connectivity index (χ1n) is 13.7. The largest absolute Gasteiger partial charge is 0.333 e. The van der Waals surface area contributed by atoms with Crippen molar-refractivity contribution in [3.63, 3.8) is 0 Å². The standard InChI is InChI=1S/C26H24F4N2O3.2C2H6/c27-18-9-16(10-19(28)13-18)25(1-2-25)5-7-31-22(33)15-23(34)32(24(31)35)8-6-26(3-4-26)17-11-20(29)14-21(30)12-17;2*1-2/h9-14H,1-8,15H2;2*1-2H3. The fourth-order valence-electron chi connectivity index (χ4n) is 5.16. The Kier molecular flexibility index (Phi) is 9.56. The van der Waals surface area contributed by atoms with Crippen LogP contribution in [0.15, 0.2) is 36.4 Å². The topological polar surface area (TPSA) is 57.7 Å². The Morgan fingerprint density at radius 1 is 0.590 bits per heavy atom. The van der Waals surface area contributed by atoms with Gasteiger partial charge in [-0.15, -0.1) is 0 Å². The number of benzene rings is 2. The van der Waals surface area contributed by atoms with Crippen LogP contribution in [0.2, 0.25) is 0 Å². The minimum Gasteiger partial charge on any atom is -0.274 e. The van der Waals surface area contributed by atoms with Crippen LogP contribution < -0.4 is 0 Å². The summed E-state index contributed by atoms with van der Waals surface area (Å²) in [5.74, 6) is -3.93. The lowest BCUT2D eigenvalue weighted by Gasteiger charge is -2.34. The molecule has 0 aromatic heterocycles. The number of amides is 4. The summed E-state index contributed by atoms with van der Waals surface area (Å²) in [7, 11) is 0. The van der Waals surface area contributed by atoms with Crippen LogP contribution in [-0.4, -0.2) is 40.7 Å². The Labute approximate surface area is 227 Å². The van der Waals surface area contributed by atoms with Gasteiger partial charge in [0.15, 0.2) is 0 Å². The third kappa shape index (κ3) is 6.68. The second-order valence-corrected chi connectivity index (χ2v) is 9.93. The van der Waals surface area contributed by atoms with Crippen molar-refractivity contribution in [2.45, 2.75) is 83.5 Å². The van der Waals surface area contributed by atoms with Crippen molar-refractivity contribution in [3.05, 3.63) is 70.8 Å². The SMILES string of the molecule is CC.CC.O=C1CC(=O)N(CCC2(c3cc(F)cc(F)c3)CC2)C(=O)N1CCC1(c2cc(F)cc(F)c2)CC1. The highest BCUT2D eigenvalue weighted by Crippen LogP contribution is 2.52. The van der Waals surface area contributed by atoms with Gasteiger partial charge in [0.05, 0.1) is 0 Å². The summed E-state index contributed by atoms with van der Waals surface area (Å²) in [6.07, 6.45) is 2.95. The molecule has 3 aliphatic rings. The first-order chi connectivity index (χ1) is 18.6. The molecule has 0 N–H and O–H groups in total. The Hall–Kier alpha value is -3.23. The number of nitrogens with zero attached hydrogens (tertiary/aromatic N) is 2. The van der Waals surface area contributed by atoms with E-state index in [1.807, 2.05) is 27.7 Å². The van der Waals surface area contributed by atoms with Crippen molar-refractivity contribution in [1.82, 2.24) is 9.80 Å². The monoisotopic (exact) mass is 548 g/mol. The van der Waals surface area contributed by atoms with Gasteiger partial charge in [-0.05, 0) is 84.7 Å². The molecule has 0 atom stereocenters. The quantitative estimate of drug-likeness (QED) is 0.263. The predicted octanol–water partition coefficient (Wildman–Crippen LogP) is 7.02. The van der Waals surface area contributed by atoms with Gasteiger partial charge in [-0.1, -0.05) is 27.7 Å². The number of urea groups is 1. The lowest BCUT2D eigenvalue weighted by Crippen LogP contribution is -2.55. The van der Waals surface area contributed by atoms with Gasteiger partial charge < -0.3 is 0 Å². The van der Waals surface area contributed by atoms with Crippen LogP contribution >= 0.6 is 0 Å². The van der Waals surface area contributed by atoms with Gasteiger partial charge in [-0.3, -0.25) is 19.4 Å². The van der Waals surface area contributed by atoms with Gasteiger partial charge >= 0.3 is 6.03 Å². The van der Waals surface area contributed by atoms with E-state index in [2.05, 4.69) is 0 Å². The number of hydrogen-bond donors (Lipinski definition) is 0. The molecule has 2 aliphatic carbocycles. The smallest absolute Gasteiger partial charge is 0.274 e. The third-order valence-corrected chi connectivity index (χ3v) is 7.65. The van der Waals surface area contributed by atoms with Crippen LogP contribution in [0.1, 0.15) is 83.8 Å². The molecule has 2 aromatic rings. The molecule has 0 spiro atoms. The van der Waals surface area contributed by atoms with Crippen molar-refractivity contribution in [1.29, 1.82) is 0 Å². The minimum atomic E-state index is -0.728. The normalized spacial score (nSPS) is 18.6. The molecule has 4 amide bonds. The second kappa shape index (κ2) is 12.3. The molecule has 1 aliphatic heterocycles. The number of barbiturate groups is 1. The van der Waals surface area contributed by atoms with Crippen LogP contribution in [-0.2, 0) is 20.4 Å². The van der Waals surface area contributed by atoms with Gasteiger partial charge in [0.2, 0.25) is 11.8 Å². The van der Waals surface area contributed by atoms with Crippen molar-refractivity contribution in [2.75, 3.05) is 13.1 Å². The number of carbonyl (C=O) groups is 3. The summed E-state index contributed by atoms with van der Waals surface area (Å²) in [5.41, 5.74) is -0.0133. The summed E-state index contributed by atoms with van der Waals surface area (Å²) in [6.45, 7) is 8.06. The van der Waals surface area contributed by atoms with Crippen molar-refractivity contribution >= 4 is 17.8 Å². The van der Waals surface area contributed by atoms with Gasteiger partial charge in [-0.25, -0.2) is 22.4 Å². The summed E-state index contributed by atoms with van der Waals surface area (Å²) < 4.78 is 54.8. The molecule has 212 valence electrons. The van der Waals surface area contributed by atoms with Crippen molar-refractivity contribution in [3.8, 4) is 0 Å². The number of carbonyl (C=O) groups excluding carboxylic acids is 3. The zero-order chi connectivity index (χ0) is 29.0. The van der Waals surface area contributed by atoms with E-state index in [1.54, 1.807) is 0 Å². The minimum absolute atomic E-state index is 0.0276. The molecule has 3 fully saturated rings. The predicted molar refractivity (Wildman–Crippen MR) is 140 cm³/mol. The molecule has 0 bridgehead atoms. The maximum absolute atomic E-state index is 13.7. The van der Waals surface area contributed by atoms with Crippen molar-refractivity contribution < 1.29 is 31.9 Å². The van der Waals surface area contributed by atoms with Crippen LogP contribution in [0.25, 0.3) is 0 Å². The van der Waals surface area contributed by atoms with E-state index in [4.69, 9.17) is 0 Å². The van der Waals surface area contributed by atoms with Gasteiger partial charge in [0.25, 0.3) is 0 Å². The maximum Gasteiger partial charge on any atom is 0.333 e. The average Bonchev–Trinajstić information content (AvgIpc) is 3.81. The highest BCUT2D eigenvalue weighted by atomic mass is 19.1. The van der Waals surface area contributed by atoms with E-state index in [-0.39, 0.29) is 13.1 Å². The van der Waals surface area contributed by atoms with Crippen molar-refractivity contribution in [2.24, 2.45) is 0 Å². The second-order valence-electron chi connectivity index (χ2n) is 9.93. The molecule has 2 aromatic carbocycles. The molecular formula is C30H36F4N2O3. The number of hydrogen-bond acceptors (Lipinski definition) is 3. The van der Waals surface area contributed by atoms with Crippen LogP contribution in [0, 0.1) is 23.3 Å². The Balaban J connectivity index is 0.00000100.